The molecule has 2 aliphatic rings. The topological polar surface area (TPSA) is 32.3 Å². The Morgan fingerprint density at radius 1 is 1.18 bits per heavy atom. The lowest BCUT2D eigenvalue weighted by Gasteiger charge is -2.40. The first-order chi connectivity index (χ1) is 8.13. The van der Waals surface area contributed by atoms with E-state index in [2.05, 4.69) is 12.2 Å². The molecule has 1 amide bonds. The van der Waals surface area contributed by atoms with E-state index >= 15 is 0 Å². The summed E-state index contributed by atoms with van der Waals surface area (Å²) in [5.41, 5.74) is -0.301. The number of amides is 1. The van der Waals surface area contributed by atoms with Gasteiger partial charge in [0.2, 0.25) is 5.91 Å². The predicted molar refractivity (Wildman–Crippen MR) is 69.9 cm³/mol. The minimum Gasteiger partial charge on any atom is -0.341 e. The lowest BCUT2D eigenvalue weighted by Crippen LogP contribution is -2.59. The van der Waals surface area contributed by atoms with E-state index in [0.717, 1.165) is 13.0 Å². The highest BCUT2D eigenvalue weighted by Crippen LogP contribution is 2.26. The van der Waals surface area contributed by atoms with Crippen molar-refractivity contribution in [3.8, 4) is 0 Å². The lowest BCUT2D eigenvalue weighted by atomic mass is 9.87. The molecule has 0 spiro atoms. The Labute approximate surface area is 105 Å². The van der Waals surface area contributed by atoms with Crippen molar-refractivity contribution >= 4 is 5.91 Å². The molecule has 1 unspecified atom stereocenters. The summed E-state index contributed by atoms with van der Waals surface area (Å²) in [6, 6.07) is 0.483. The Morgan fingerprint density at radius 2 is 1.88 bits per heavy atom. The predicted octanol–water partition coefficient (Wildman–Crippen LogP) is 2.31. The third kappa shape index (κ3) is 2.82. The Bertz CT molecular complexity index is 265. The van der Waals surface area contributed by atoms with Crippen LogP contribution in [0.2, 0.25) is 0 Å². The van der Waals surface area contributed by atoms with Crippen LogP contribution in [0.5, 0.6) is 0 Å². The number of carbonyl (C=O) groups excluding carboxylic acids is 1. The second-order valence-electron chi connectivity index (χ2n) is 5.92. The molecule has 2 rings (SSSR count). The molecule has 1 saturated heterocycles. The summed E-state index contributed by atoms with van der Waals surface area (Å²) in [6.45, 7) is 3.06. The lowest BCUT2D eigenvalue weighted by molar-refractivity contribution is -0.140. The maximum atomic E-state index is 12.6. The minimum atomic E-state index is -0.301. The second-order valence-corrected chi connectivity index (χ2v) is 5.92. The van der Waals surface area contributed by atoms with Crippen LogP contribution in [0.25, 0.3) is 0 Å². The van der Waals surface area contributed by atoms with Crippen LogP contribution in [0.15, 0.2) is 0 Å². The molecular weight excluding hydrogens is 212 g/mol. The molecule has 2 fully saturated rings. The zero-order valence-corrected chi connectivity index (χ0v) is 11.3. The highest BCUT2D eigenvalue weighted by Gasteiger charge is 2.38. The Morgan fingerprint density at radius 3 is 2.47 bits per heavy atom. The zero-order chi connectivity index (χ0) is 12.3. The SMILES string of the molecule is CN(C(=O)C1(C)CCCCN1)C1CCCCC1. The van der Waals surface area contributed by atoms with Crippen molar-refractivity contribution in [3.05, 3.63) is 0 Å². The molecule has 1 saturated carbocycles. The number of piperidine rings is 1. The van der Waals surface area contributed by atoms with E-state index in [0.29, 0.717) is 11.9 Å². The van der Waals surface area contributed by atoms with Crippen LogP contribution in [0.1, 0.15) is 58.3 Å². The van der Waals surface area contributed by atoms with Gasteiger partial charge in [-0.05, 0) is 45.6 Å². The van der Waals surface area contributed by atoms with Gasteiger partial charge >= 0.3 is 0 Å². The van der Waals surface area contributed by atoms with Gasteiger partial charge in [-0.2, -0.15) is 0 Å². The van der Waals surface area contributed by atoms with Crippen molar-refractivity contribution in [2.75, 3.05) is 13.6 Å². The molecule has 0 aromatic heterocycles. The van der Waals surface area contributed by atoms with Crippen LogP contribution < -0.4 is 5.32 Å². The molecule has 1 heterocycles. The first-order valence-electron chi connectivity index (χ1n) is 7.16. The van der Waals surface area contributed by atoms with E-state index < -0.39 is 0 Å². The van der Waals surface area contributed by atoms with Crippen molar-refractivity contribution in [1.82, 2.24) is 10.2 Å². The quantitative estimate of drug-likeness (QED) is 0.800. The summed E-state index contributed by atoms with van der Waals surface area (Å²) in [7, 11) is 2.00. The van der Waals surface area contributed by atoms with Gasteiger partial charge in [-0.25, -0.2) is 0 Å². The molecule has 0 aromatic rings. The molecule has 1 aliphatic heterocycles. The maximum absolute atomic E-state index is 12.6. The van der Waals surface area contributed by atoms with Gasteiger partial charge in [-0.1, -0.05) is 19.3 Å². The van der Waals surface area contributed by atoms with Crippen molar-refractivity contribution in [2.45, 2.75) is 69.9 Å². The van der Waals surface area contributed by atoms with E-state index in [1.54, 1.807) is 0 Å². The van der Waals surface area contributed by atoms with Gasteiger partial charge in [0.25, 0.3) is 0 Å². The Balaban J connectivity index is 1.97. The van der Waals surface area contributed by atoms with Gasteiger partial charge in [0, 0.05) is 13.1 Å². The van der Waals surface area contributed by atoms with Crippen LogP contribution >= 0.6 is 0 Å². The third-order valence-electron chi connectivity index (χ3n) is 4.53. The number of rotatable bonds is 2. The molecule has 98 valence electrons. The summed E-state index contributed by atoms with van der Waals surface area (Å²) in [5.74, 6) is 0.309. The largest absolute Gasteiger partial charge is 0.341 e. The Kier molecular flexibility index (Phi) is 4.08. The molecule has 17 heavy (non-hydrogen) atoms. The highest BCUT2D eigenvalue weighted by molar-refractivity contribution is 5.86. The maximum Gasteiger partial charge on any atom is 0.242 e. The van der Waals surface area contributed by atoms with Gasteiger partial charge in [0.05, 0.1) is 5.54 Å². The van der Waals surface area contributed by atoms with Crippen molar-refractivity contribution < 1.29 is 4.79 Å². The molecule has 0 radical (unpaired) electrons. The van der Waals surface area contributed by atoms with E-state index in [-0.39, 0.29) is 5.54 Å². The highest BCUT2D eigenvalue weighted by atomic mass is 16.2. The van der Waals surface area contributed by atoms with Crippen molar-refractivity contribution in [2.24, 2.45) is 0 Å². The smallest absolute Gasteiger partial charge is 0.242 e. The van der Waals surface area contributed by atoms with Gasteiger partial charge in [-0.3, -0.25) is 4.79 Å². The van der Waals surface area contributed by atoms with Crippen LogP contribution in [-0.2, 0) is 4.79 Å². The number of hydrogen-bond donors (Lipinski definition) is 1. The van der Waals surface area contributed by atoms with Crippen molar-refractivity contribution in [1.29, 1.82) is 0 Å². The van der Waals surface area contributed by atoms with Crippen LogP contribution in [0.3, 0.4) is 0 Å². The number of hydrogen-bond acceptors (Lipinski definition) is 2. The molecule has 0 bridgehead atoms. The summed E-state index contributed by atoms with van der Waals surface area (Å²) >= 11 is 0. The molecular formula is C14H26N2O. The average molecular weight is 238 g/mol. The molecule has 3 nitrogen and oxygen atoms in total. The normalized spacial score (nSPS) is 31.2. The van der Waals surface area contributed by atoms with Gasteiger partial charge in [-0.15, -0.1) is 0 Å². The number of carbonyl (C=O) groups is 1. The number of likely N-dealkylation sites (N-methyl/N-ethyl adjacent to an activating group) is 1. The van der Waals surface area contributed by atoms with Gasteiger partial charge in [0.1, 0.15) is 0 Å². The van der Waals surface area contributed by atoms with Crippen molar-refractivity contribution in [3.63, 3.8) is 0 Å². The van der Waals surface area contributed by atoms with E-state index in [4.69, 9.17) is 0 Å². The number of nitrogens with zero attached hydrogens (tertiary/aromatic N) is 1. The first-order valence-corrected chi connectivity index (χ1v) is 7.16. The number of nitrogens with one attached hydrogen (secondary N) is 1. The second kappa shape index (κ2) is 5.38. The van der Waals surface area contributed by atoms with Crippen LogP contribution in [0.4, 0.5) is 0 Å². The first kappa shape index (κ1) is 12.9. The fourth-order valence-corrected chi connectivity index (χ4v) is 3.26. The summed E-state index contributed by atoms with van der Waals surface area (Å²) < 4.78 is 0. The summed E-state index contributed by atoms with van der Waals surface area (Å²) in [6.07, 6.45) is 9.66. The minimum absolute atomic E-state index is 0.301. The molecule has 1 N–H and O–H groups in total. The van der Waals surface area contributed by atoms with Gasteiger partial charge < -0.3 is 10.2 Å². The summed E-state index contributed by atoms with van der Waals surface area (Å²) in [4.78, 5) is 14.6. The van der Waals surface area contributed by atoms with Crippen LogP contribution in [0, 0.1) is 0 Å². The molecule has 0 aromatic carbocycles. The monoisotopic (exact) mass is 238 g/mol. The molecule has 3 heteroatoms. The zero-order valence-electron chi connectivity index (χ0n) is 11.3. The fraction of sp³-hybridized carbons (Fsp3) is 0.929. The van der Waals surface area contributed by atoms with E-state index in [1.165, 1.54) is 44.9 Å². The van der Waals surface area contributed by atoms with E-state index in [9.17, 15) is 4.79 Å². The van der Waals surface area contributed by atoms with Gasteiger partial charge in [0.15, 0.2) is 0 Å². The van der Waals surface area contributed by atoms with Crippen LogP contribution in [-0.4, -0.2) is 36.0 Å². The molecule has 1 atom stereocenters. The third-order valence-corrected chi connectivity index (χ3v) is 4.53. The van der Waals surface area contributed by atoms with E-state index in [1.807, 2.05) is 11.9 Å². The average Bonchev–Trinajstić information content (AvgIpc) is 2.39. The fourth-order valence-electron chi connectivity index (χ4n) is 3.26. The Hall–Kier alpha value is -0.570. The molecule has 1 aliphatic carbocycles. The summed E-state index contributed by atoms with van der Waals surface area (Å²) in [5, 5.41) is 3.42. The standard InChI is InChI=1S/C14H26N2O/c1-14(10-6-7-11-15-14)13(17)16(2)12-8-4-3-5-9-12/h12,15H,3-11H2,1-2H3.